The normalized spacial score (nSPS) is 23.8. The van der Waals surface area contributed by atoms with E-state index in [2.05, 4.69) is 0 Å². The van der Waals surface area contributed by atoms with Gasteiger partial charge in [0.05, 0.1) is 17.1 Å². The first-order valence-corrected chi connectivity index (χ1v) is 10.2. The Morgan fingerprint density at radius 3 is 2.34 bits per heavy atom. The predicted octanol–water partition coefficient (Wildman–Crippen LogP) is 3.47. The van der Waals surface area contributed by atoms with E-state index in [0.717, 1.165) is 24.3 Å². The molecule has 2 aromatic carbocycles. The molecule has 9 nitrogen and oxygen atoms in total. The first-order valence-electron chi connectivity index (χ1n) is 10.2. The number of aliphatic hydroxyl groups is 1. The first-order chi connectivity index (χ1) is 16.4. The van der Waals surface area contributed by atoms with E-state index < -0.39 is 63.3 Å². The lowest BCUT2D eigenvalue weighted by molar-refractivity contribution is -0.385. The molecule has 0 bridgehead atoms. The molecule has 1 aliphatic carbocycles. The van der Waals surface area contributed by atoms with Crippen LogP contribution >= 0.6 is 0 Å². The van der Waals surface area contributed by atoms with Gasteiger partial charge in [-0.15, -0.1) is 0 Å². The van der Waals surface area contributed by atoms with E-state index in [0.29, 0.717) is 0 Å². The summed E-state index contributed by atoms with van der Waals surface area (Å²) in [4.78, 5) is 49.9. The molecule has 1 N–H and O–H groups in total. The summed E-state index contributed by atoms with van der Waals surface area (Å²) in [6, 6.07) is 9.49. The fourth-order valence-electron chi connectivity index (χ4n) is 4.32. The van der Waals surface area contributed by atoms with Gasteiger partial charge in [0.25, 0.3) is 5.69 Å². The van der Waals surface area contributed by atoms with Gasteiger partial charge >= 0.3 is 17.9 Å². The molecule has 1 heterocycles. The van der Waals surface area contributed by atoms with Gasteiger partial charge < -0.3 is 14.6 Å². The summed E-state index contributed by atoms with van der Waals surface area (Å²) in [6.07, 6.45) is -5.64. The van der Waals surface area contributed by atoms with Crippen molar-refractivity contribution in [2.45, 2.75) is 24.8 Å². The predicted molar refractivity (Wildman–Crippen MR) is 110 cm³/mol. The molecule has 0 aromatic heterocycles. The van der Waals surface area contributed by atoms with Gasteiger partial charge in [0.1, 0.15) is 5.92 Å². The van der Waals surface area contributed by atoms with Crippen LogP contribution in [0.5, 0.6) is 0 Å². The number of ether oxygens (including phenoxy) is 2. The highest BCUT2D eigenvalue weighted by Crippen LogP contribution is 2.54. The van der Waals surface area contributed by atoms with Gasteiger partial charge in [0, 0.05) is 29.2 Å². The number of non-ortho nitro benzene ring substituents is 1. The standard InChI is InChI=1S/C23H16F3NO8/c1-2-34-21(30)17-15(11-6-5-7-12(10-11)27(32)33)16-18(28)13-8-3-4-9-14(13)19(29)20(16)35-22(17,31)23(24,25)26/h3-10,15,17,31H,2H2,1H3/t15-,17-,22+/m0/s1. The van der Waals surface area contributed by atoms with E-state index in [1.807, 2.05) is 0 Å². The molecule has 182 valence electrons. The number of halogens is 3. The van der Waals surface area contributed by atoms with E-state index in [9.17, 15) is 42.8 Å². The average Bonchev–Trinajstić information content (AvgIpc) is 2.81. The van der Waals surface area contributed by atoms with Gasteiger partial charge in [-0.25, -0.2) is 0 Å². The second-order valence-corrected chi connectivity index (χ2v) is 7.80. The maximum Gasteiger partial charge on any atom is 0.456 e. The Bertz CT molecular complexity index is 1300. The number of hydrogen-bond acceptors (Lipinski definition) is 8. The van der Waals surface area contributed by atoms with E-state index >= 15 is 0 Å². The van der Waals surface area contributed by atoms with Crippen LogP contribution in [0.1, 0.15) is 39.1 Å². The molecule has 3 atom stereocenters. The van der Waals surface area contributed by atoms with Crippen LogP contribution in [0.15, 0.2) is 59.9 Å². The minimum atomic E-state index is -5.64. The van der Waals surface area contributed by atoms with Crippen molar-refractivity contribution < 1.29 is 47.1 Å². The van der Waals surface area contributed by atoms with Crippen molar-refractivity contribution in [1.82, 2.24) is 0 Å². The maximum absolute atomic E-state index is 14.2. The van der Waals surface area contributed by atoms with Gasteiger partial charge in [-0.2, -0.15) is 13.2 Å². The van der Waals surface area contributed by atoms with Crippen LogP contribution in [0.4, 0.5) is 18.9 Å². The molecule has 0 saturated carbocycles. The van der Waals surface area contributed by atoms with Crippen LogP contribution in [-0.2, 0) is 14.3 Å². The van der Waals surface area contributed by atoms with Crippen molar-refractivity contribution >= 4 is 23.2 Å². The second-order valence-electron chi connectivity index (χ2n) is 7.80. The minimum Gasteiger partial charge on any atom is -0.466 e. The topological polar surface area (TPSA) is 133 Å². The van der Waals surface area contributed by atoms with Crippen molar-refractivity contribution in [3.8, 4) is 0 Å². The average molecular weight is 491 g/mol. The number of nitrogens with zero attached hydrogens (tertiary/aromatic N) is 1. The molecule has 0 radical (unpaired) electrons. The number of benzene rings is 2. The van der Waals surface area contributed by atoms with Crippen molar-refractivity contribution in [3.63, 3.8) is 0 Å². The van der Waals surface area contributed by atoms with Crippen LogP contribution in [0, 0.1) is 16.0 Å². The summed E-state index contributed by atoms with van der Waals surface area (Å²) in [5.41, 5.74) is -1.90. The zero-order chi connectivity index (χ0) is 25.7. The second kappa shape index (κ2) is 8.31. The number of carbonyl (C=O) groups excluding carboxylic acids is 3. The monoisotopic (exact) mass is 491 g/mol. The maximum atomic E-state index is 14.2. The number of nitro groups is 1. The van der Waals surface area contributed by atoms with E-state index in [-0.39, 0.29) is 23.3 Å². The number of fused-ring (bicyclic) bond motifs is 1. The first kappa shape index (κ1) is 24.1. The zero-order valence-corrected chi connectivity index (χ0v) is 17.9. The molecule has 2 aliphatic rings. The number of allylic oxidation sites excluding steroid dienone is 2. The van der Waals surface area contributed by atoms with Crippen molar-refractivity contribution in [2.75, 3.05) is 6.61 Å². The number of alkyl halides is 3. The zero-order valence-electron chi connectivity index (χ0n) is 17.9. The van der Waals surface area contributed by atoms with Gasteiger partial charge in [-0.1, -0.05) is 36.4 Å². The molecule has 2 aromatic rings. The number of carbonyl (C=O) groups is 3. The lowest BCUT2D eigenvalue weighted by Crippen LogP contribution is -2.61. The highest BCUT2D eigenvalue weighted by atomic mass is 19.4. The lowest BCUT2D eigenvalue weighted by Gasteiger charge is -2.45. The molecule has 0 amide bonds. The summed E-state index contributed by atoms with van der Waals surface area (Å²) in [5.74, 6) is -13.6. The molecule has 1 aliphatic heterocycles. The van der Waals surface area contributed by atoms with Crippen LogP contribution < -0.4 is 0 Å². The fourth-order valence-corrected chi connectivity index (χ4v) is 4.32. The largest absolute Gasteiger partial charge is 0.466 e. The Morgan fingerprint density at radius 1 is 1.14 bits per heavy atom. The Morgan fingerprint density at radius 2 is 1.77 bits per heavy atom. The van der Waals surface area contributed by atoms with Gasteiger partial charge in [-0.3, -0.25) is 24.5 Å². The molecular formula is C23H16F3NO8. The number of Topliss-reactive ketones (excluding diaryl/α,β-unsaturated/α-hetero) is 2. The molecule has 0 spiro atoms. The van der Waals surface area contributed by atoms with Crippen LogP contribution in [-0.4, -0.2) is 46.1 Å². The summed E-state index contributed by atoms with van der Waals surface area (Å²) < 4.78 is 52.3. The highest BCUT2D eigenvalue weighted by molar-refractivity contribution is 6.27. The van der Waals surface area contributed by atoms with Gasteiger partial charge in [0.2, 0.25) is 5.78 Å². The van der Waals surface area contributed by atoms with Gasteiger partial charge in [0.15, 0.2) is 11.5 Å². The van der Waals surface area contributed by atoms with Crippen molar-refractivity contribution in [2.24, 2.45) is 5.92 Å². The third kappa shape index (κ3) is 3.66. The third-order valence-corrected chi connectivity index (χ3v) is 5.82. The molecule has 12 heteroatoms. The van der Waals surface area contributed by atoms with E-state index in [1.165, 1.54) is 31.2 Å². The highest BCUT2D eigenvalue weighted by Gasteiger charge is 2.70. The smallest absolute Gasteiger partial charge is 0.456 e. The summed E-state index contributed by atoms with van der Waals surface area (Å²) >= 11 is 0. The Balaban J connectivity index is 2.07. The lowest BCUT2D eigenvalue weighted by atomic mass is 9.69. The van der Waals surface area contributed by atoms with E-state index in [1.54, 1.807) is 0 Å². The fraction of sp³-hybridized carbons (Fsp3) is 0.261. The number of rotatable bonds is 4. The number of ketones is 2. The van der Waals surface area contributed by atoms with E-state index in [4.69, 9.17) is 9.47 Å². The number of hydrogen-bond donors (Lipinski definition) is 1. The number of esters is 1. The van der Waals surface area contributed by atoms with Crippen molar-refractivity contribution in [3.05, 3.63) is 86.7 Å². The third-order valence-electron chi connectivity index (χ3n) is 5.82. The molecule has 0 saturated heterocycles. The Kier molecular flexibility index (Phi) is 5.71. The summed E-state index contributed by atoms with van der Waals surface area (Å²) in [5, 5.41) is 22.1. The summed E-state index contributed by atoms with van der Waals surface area (Å²) in [6.45, 7) is 0.930. The minimum absolute atomic E-state index is 0.157. The SMILES string of the molecule is CCOC(=O)[C@@H]1[C@@H](c2cccc([N+](=O)[O-])c2)C2=C(O[C@@]1(O)C(F)(F)F)C(=O)c1ccccc1C2=O. The molecular weight excluding hydrogens is 475 g/mol. The van der Waals surface area contributed by atoms with Gasteiger partial charge in [-0.05, 0) is 12.5 Å². The Labute approximate surface area is 194 Å². The molecule has 35 heavy (non-hydrogen) atoms. The molecule has 4 rings (SSSR count). The molecule has 0 fully saturated rings. The van der Waals surface area contributed by atoms with Crippen LogP contribution in [0.2, 0.25) is 0 Å². The summed E-state index contributed by atoms with van der Waals surface area (Å²) in [7, 11) is 0. The number of nitro benzene ring substituents is 1. The molecule has 0 unspecified atom stereocenters. The Hall–Kier alpha value is -4.06. The van der Waals surface area contributed by atoms with Crippen LogP contribution in [0.3, 0.4) is 0 Å². The quantitative estimate of drug-likeness (QED) is 0.391. The van der Waals surface area contributed by atoms with Crippen molar-refractivity contribution in [1.29, 1.82) is 0 Å². The van der Waals surface area contributed by atoms with Crippen LogP contribution in [0.25, 0.3) is 0 Å².